The van der Waals surface area contributed by atoms with Crippen LogP contribution in [0.25, 0.3) is 0 Å². The molecule has 0 radical (unpaired) electrons. The number of hydrogen-bond acceptors (Lipinski definition) is 8. The van der Waals surface area contributed by atoms with Crippen LogP contribution in [-0.4, -0.2) is 60.3 Å². The fourth-order valence-corrected chi connectivity index (χ4v) is 7.26. The minimum atomic E-state index is -3.46. The Morgan fingerprint density at radius 2 is 1.97 bits per heavy atom. The average Bonchev–Trinajstić information content (AvgIpc) is 3.31. The van der Waals surface area contributed by atoms with Gasteiger partial charge in [0.2, 0.25) is 21.1 Å². The number of hydrogen-bond donors (Lipinski definition) is 1. The number of nitrogens with one attached hydrogen (secondary N) is 1. The fourth-order valence-electron chi connectivity index (χ4n) is 3.98. The molecule has 2 aliphatic heterocycles. The molecule has 3 heterocycles. The molecule has 166 valence electrons. The van der Waals surface area contributed by atoms with E-state index in [0.29, 0.717) is 37.0 Å². The third kappa shape index (κ3) is 4.59. The quantitative estimate of drug-likeness (QED) is 0.610. The molecule has 0 atom stereocenters. The van der Waals surface area contributed by atoms with Crippen LogP contribution in [0.2, 0.25) is 0 Å². The highest BCUT2D eigenvalue weighted by Crippen LogP contribution is 2.34. The van der Waals surface area contributed by atoms with Crippen LogP contribution in [0.15, 0.2) is 27.4 Å². The molecule has 1 aromatic heterocycles. The lowest BCUT2D eigenvalue weighted by atomic mass is 10.2. The van der Waals surface area contributed by atoms with Gasteiger partial charge in [-0.05, 0) is 55.9 Å². The minimum Gasteiger partial charge on any atom is -0.357 e. The molecule has 0 bridgehead atoms. The summed E-state index contributed by atoms with van der Waals surface area (Å²) in [5, 5.41) is 12.4. The predicted molar refractivity (Wildman–Crippen MR) is 122 cm³/mol. The topological polar surface area (TPSA) is 95.5 Å². The lowest BCUT2D eigenvalue weighted by Crippen LogP contribution is -2.35. The molecule has 2 fully saturated rings. The van der Waals surface area contributed by atoms with Gasteiger partial charge in [-0.1, -0.05) is 29.5 Å². The first-order valence-corrected chi connectivity index (χ1v) is 13.9. The van der Waals surface area contributed by atoms with Gasteiger partial charge in [0.25, 0.3) is 0 Å². The third-order valence-corrected chi connectivity index (χ3v) is 9.70. The van der Waals surface area contributed by atoms with Crippen molar-refractivity contribution in [2.75, 3.05) is 35.6 Å². The second-order valence-corrected chi connectivity index (χ2v) is 12.3. The van der Waals surface area contributed by atoms with Crippen molar-refractivity contribution < 1.29 is 13.2 Å². The largest absolute Gasteiger partial charge is 0.357 e. The van der Waals surface area contributed by atoms with Crippen molar-refractivity contribution >= 4 is 49.8 Å². The van der Waals surface area contributed by atoms with Crippen LogP contribution in [0.1, 0.15) is 37.7 Å². The van der Waals surface area contributed by atoms with Crippen LogP contribution in [0.5, 0.6) is 0 Å². The van der Waals surface area contributed by atoms with Gasteiger partial charge in [0.05, 0.1) is 10.6 Å². The molecule has 11 heteroatoms. The van der Waals surface area contributed by atoms with Gasteiger partial charge in [0, 0.05) is 31.4 Å². The number of sulfonamides is 1. The van der Waals surface area contributed by atoms with E-state index in [4.69, 9.17) is 0 Å². The first kappa shape index (κ1) is 21.2. The van der Waals surface area contributed by atoms with Crippen LogP contribution in [0.4, 0.5) is 10.8 Å². The number of aromatic nitrogens is 2. The maximum atomic E-state index is 13.0. The van der Waals surface area contributed by atoms with Gasteiger partial charge in [0.15, 0.2) is 4.34 Å². The lowest BCUT2D eigenvalue weighted by molar-refractivity contribution is -0.116. The molecule has 1 saturated heterocycles. The highest BCUT2D eigenvalue weighted by molar-refractivity contribution is 8.01. The number of nitrogens with zero attached hydrogens (tertiary/aromatic N) is 4. The standard InChI is InChI=1S/C20H25N5O3S3/c26-18(13-29-20-23-22-19(30-20)21-15-4-5-15)25-11-8-14-12-16(6-7-17(14)25)31(27,28)24-9-2-1-3-10-24/h6-7,12,15H,1-5,8-11,13H2,(H,21,22). The van der Waals surface area contributed by atoms with Crippen molar-refractivity contribution in [2.45, 2.75) is 53.8 Å². The molecular weight excluding hydrogens is 454 g/mol. The number of carbonyl (C=O) groups is 1. The lowest BCUT2D eigenvalue weighted by Gasteiger charge is -2.26. The van der Waals surface area contributed by atoms with Crippen molar-refractivity contribution in [1.82, 2.24) is 14.5 Å². The van der Waals surface area contributed by atoms with Gasteiger partial charge >= 0.3 is 0 Å². The molecule has 2 aromatic rings. The molecule has 8 nitrogen and oxygen atoms in total. The highest BCUT2D eigenvalue weighted by atomic mass is 32.2. The molecule has 5 rings (SSSR count). The second-order valence-electron chi connectivity index (χ2n) is 8.13. The predicted octanol–water partition coefficient (Wildman–Crippen LogP) is 2.97. The van der Waals surface area contributed by atoms with Crippen molar-refractivity contribution in [2.24, 2.45) is 0 Å². The summed E-state index contributed by atoms with van der Waals surface area (Å²) in [6, 6.07) is 5.70. The summed E-state index contributed by atoms with van der Waals surface area (Å²) in [4.78, 5) is 14.9. The molecule has 1 aliphatic carbocycles. The third-order valence-electron chi connectivity index (χ3n) is 5.83. The normalized spacial score (nSPS) is 19.4. The SMILES string of the molecule is O=C(CSc1nnc(NC2CC2)s1)N1CCc2cc(S(=O)(=O)N3CCCCC3)ccc21. The molecule has 1 aromatic carbocycles. The summed E-state index contributed by atoms with van der Waals surface area (Å²) in [7, 11) is -3.46. The molecular formula is C20H25N5O3S3. The highest BCUT2D eigenvalue weighted by Gasteiger charge is 2.30. The van der Waals surface area contributed by atoms with Gasteiger partial charge in [-0.3, -0.25) is 4.79 Å². The van der Waals surface area contributed by atoms with Gasteiger partial charge in [-0.15, -0.1) is 10.2 Å². The van der Waals surface area contributed by atoms with Gasteiger partial charge < -0.3 is 10.2 Å². The molecule has 0 unspecified atom stereocenters. The van der Waals surface area contributed by atoms with Gasteiger partial charge in [-0.25, -0.2) is 8.42 Å². The van der Waals surface area contributed by atoms with E-state index in [1.54, 1.807) is 27.4 Å². The molecule has 1 amide bonds. The second kappa shape index (κ2) is 8.68. The zero-order chi connectivity index (χ0) is 21.4. The summed E-state index contributed by atoms with van der Waals surface area (Å²) in [5.41, 5.74) is 1.74. The summed E-state index contributed by atoms with van der Waals surface area (Å²) < 4.78 is 28.3. The van der Waals surface area contributed by atoms with Crippen molar-refractivity contribution in [3.8, 4) is 0 Å². The van der Waals surface area contributed by atoms with E-state index in [1.807, 2.05) is 0 Å². The zero-order valence-electron chi connectivity index (χ0n) is 17.1. The smallest absolute Gasteiger partial charge is 0.243 e. The monoisotopic (exact) mass is 479 g/mol. The number of anilines is 2. The van der Waals surface area contributed by atoms with Crippen molar-refractivity contribution in [3.05, 3.63) is 23.8 Å². The summed E-state index contributed by atoms with van der Waals surface area (Å²) in [6.45, 7) is 1.75. The summed E-state index contributed by atoms with van der Waals surface area (Å²) in [6.07, 6.45) is 5.93. The van der Waals surface area contributed by atoms with Crippen LogP contribution >= 0.6 is 23.1 Å². The molecule has 1 saturated carbocycles. The number of benzene rings is 1. The Hall–Kier alpha value is -1.69. The van der Waals surface area contributed by atoms with E-state index < -0.39 is 10.0 Å². The summed E-state index contributed by atoms with van der Waals surface area (Å²) >= 11 is 2.87. The van der Waals surface area contributed by atoms with Crippen LogP contribution < -0.4 is 10.2 Å². The van der Waals surface area contributed by atoms with Crippen LogP contribution in [0.3, 0.4) is 0 Å². The molecule has 0 spiro atoms. The number of fused-ring (bicyclic) bond motifs is 1. The van der Waals surface area contributed by atoms with Crippen LogP contribution in [-0.2, 0) is 21.2 Å². The van der Waals surface area contributed by atoms with E-state index in [2.05, 4.69) is 15.5 Å². The minimum absolute atomic E-state index is 0.00212. The van der Waals surface area contributed by atoms with E-state index in [9.17, 15) is 13.2 Å². The molecule has 3 aliphatic rings. The van der Waals surface area contributed by atoms with E-state index in [0.717, 1.165) is 40.0 Å². The maximum Gasteiger partial charge on any atom is 0.243 e. The van der Waals surface area contributed by atoms with Crippen molar-refractivity contribution in [1.29, 1.82) is 0 Å². The Morgan fingerprint density at radius 3 is 2.74 bits per heavy atom. The summed E-state index contributed by atoms with van der Waals surface area (Å²) in [5.74, 6) is 0.285. The van der Waals surface area contributed by atoms with Gasteiger partial charge in [0.1, 0.15) is 0 Å². The number of thioether (sulfide) groups is 1. The Bertz CT molecular complexity index is 1080. The maximum absolute atomic E-state index is 13.0. The fraction of sp³-hybridized carbons (Fsp3) is 0.550. The number of carbonyl (C=O) groups excluding carboxylic acids is 1. The molecule has 31 heavy (non-hydrogen) atoms. The molecule has 1 N–H and O–H groups in total. The first-order valence-electron chi connectivity index (χ1n) is 10.7. The Kier molecular flexibility index (Phi) is 5.93. The Labute approximate surface area is 190 Å². The Balaban J connectivity index is 1.23. The number of piperidine rings is 1. The first-order chi connectivity index (χ1) is 15.0. The number of rotatable bonds is 7. The Morgan fingerprint density at radius 1 is 1.16 bits per heavy atom. The average molecular weight is 480 g/mol. The van der Waals surface area contributed by atoms with Crippen LogP contribution in [0, 0.1) is 0 Å². The van der Waals surface area contributed by atoms with E-state index in [-0.39, 0.29) is 11.7 Å². The zero-order valence-corrected chi connectivity index (χ0v) is 19.6. The van der Waals surface area contributed by atoms with Crippen molar-refractivity contribution in [3.63, 3.8) is 0 Å². The van der Waals surface area contributed by atoms with E-state index >= 15 is 0 Å². The number of amides is 1. The van der Waals surface area contributed by atoms with Gasteiger partial charge in [-0.2, -0.15) is 4.31 Å². The van der Waals surface area contributed by atoms with E-state index in [1.165, 1.54) is 35.9 Å².